The minimum atomic E-state index is -5.08. The highest BCUT2D eigenvalue weighted by atomic mass is 31.2. The van der Waals surface area contributed by atoms with Crippen molar-refractivity contribution in [1.29, 1.82) is 5.41 Å². The molecule has 0 aliphatic carbocycles. The lowest BCUT2D eigenvalue weighted by atomic mass is 10.1. The topological polar surface area (TPSA) is 183 Å². The van der Waals surface area contributed by atoms with E-state index in [0.29, 0.717) is 5.56 Å². The molecule has 0 spiro atoms. The van der Waals surface area contributed by atoms with Gasteiger partial charge in [0.2, 0.25) is 5.96 Å². The number of guanidine groups is 1. The average molecular weight is 686 g/mol. The maximum atomic E-state index is 15.0. The first-order chi connectivity index (χ1) is 22.7. The van der Waals surface area contributed by atoms with Gasteiger partial charge in [0, 0.05) is 38.4 Å². The van der Waals surface area contributed by atoms with Gasteiger partial charge in [-0.05, 0) is 19.4 Å². The normalized spacial score (nSPS) is 15.3. The molecule has 0 saturated carbocycles. The molecule has 3 rings (SSSR count). The number of hydrogen-bond acceptors (Lipinski definition) is 11. The molecule has 258 valence electrons. The summed E-state index contributed by atoms with van der Waals surface area (Å²) >= 11 is 0. The lowest BCUT2D eigenvalue weighted by Crippen LogP contribution is -2.49. The van der Waals surface area contributed by atoms with Gasteiger partial charge in [0.1, 0.15) is 6.04 Å². The Hall–Kier alpha value is -4.91. The van der Waals surface area contributed by atoms with Crippen molar-refractivity contribution in [3.63, 3.8) is 0 Å². The van der Waals surface area contributed by atoms with Crippen LogP contribution in [-0.2, 0) is 55.3 Å². The van der Waals surface area contributed by atoms with Gasteiger partial charge in [-0.1, -0.05) is 91.0 Å². The maximum absolute atomic E-state index is 15.0. The first kappa shape index (κ1) is 37.5. The fraction of sp³-hybridized carbons (Fsp3) is 0.333. The van der Waals surface area contributed by atoms with Crippen LogP contribution in [0.4, 0.5) is 9.59 Å². The molecule has 0 aromatic heterocycles. The molecule has 0 heterocycles. The van der Waals surface area contributed by atoms with Crippen LogP contribution in [0, 0.1) is 5.41 Å². The van der Waals surface area contributed by atoms with E-state index in [9.17, 15) is 19.5 Å². The van der Waals surface area contributed by atoms with Crippen LogP contribution >= 0.6 is 7.75 Å². The summed E-state index contributed by atoms with van der Waals surface area (Å²) in [5.41, 5.74) is 1.03. The van der Waals surface area contributed by atoms with E-state index in [1.54, 1.807) is 80.6 Å². The van der Waals surface area contributed by atoms with Gasteiger partial charge in [-0.2, -0.15) is 0 Å². The van der Waals surface area contributed by atoms with E-state index < -0.39 is 49.6 Å². The van der Waals surface area contributed by atoms with Gasteiger partial charge in [-0.15, -0.1) is 0 Å². The van der Waals surface area contributed by atoms with E-state index in [4.69, 9.17) is 33.4 Å². The third kappa shape index (κ3) is 10.3. The number of carboxylic acid groups (broad SMARTS) is 1. The predicted octanol–water partition coefficient (Wildman–Crippen LogP) is 6.37. The third-order valence-electron chi connectivity index (χ3n) is 6.89. The van der Waals surface area contributed by atoms with E-state index in [0.717, 1.165) is 4.90 Å². The Labute approximate surface area is 278 Å². The van der Waals surface area contributed by atoms with Crippen LogP contribution in [0.5, 0.6) is 0 Å². The summed E-state index contributed by atoms with van der Waals surface area (Å²) in [7, 11) is -3.78. The Bertz CT molecular complexity index is 1500. The van der Waals surface area contributed by atoms with Crippen molar-refractivity contribution in [3.8, 4) is 0 Å². The molecular weight excluding hydrogens is 645 g/mol. The molecule has 48 heavy (non-hydrogen) atoms. The SMILES string of the molecule is CCOC(=O)OC(C)(OP(=O)(NC(=N)N(C)C(Cc1ccccc1)C(=O)O)OC(C)(OC(=O)OCC)c1ccccc1)c1ccccc1. The van der Waals surface area contributed by atoms with E-state index >= 15 is 4.57 Å². The monoisotopic (exact) mass is 685 g/mol. The number of carboxylic acids is 1. The number of hydrogen-bond donors (Lipinski definition) is 3. The second-order valence-electron chi connectivity index (χ2n) is 10.5. The number of rotatable bonds is 15. The number of nitrogens with zero attached hydrogens (tertiary/aromatic N) is 1. The van der Waals surface area contributed by atoms with Gasteiger partial charge in [0.15, 0.2) is 0 Å². The summed E-state index contributed by atoms with van der Waals surface area (Å²) in [5.74, 6) is -6.39. The number of ether oxygens (including phenoxy) is 4. The van der Waals surface area contributed by atoms with Crippen LogP contribution in [0.25, 0.3) is 0 Å². The standard InChI is InChI=1S/C33H40N3O11P/c1-6-42-30(39)44-32(3,25-19-13-9-14-20-25)46-48(41,47-33(4,45-31(40)43-7-2)26-21-15-10-16-22-26)35-29(34)36(5)27(28(37)38)23-24-17-11-8-12-18-24/h8-22,27H,6-7,23H2,1-5H3,(H,37,38)(H2,34,35,41). The smallest absolute Gasteiger partial charge is 0.480 e. The summed E-state index contributed by atoms with van der Waals surface area (Å²) in [6.07, 6.45) is -2.38. The quantitative estimate of drug-likeness (QED) is 0.0528. The number of nitrogens with one attached hydrogen (secondary N) is 2. The molecule has 0 bridgehead atoms. The zero-order valence-electron chi connectivity index (χ0n) is 27.3. The summed E-state index contributed by atoms with van der Waals surface area (Å²) < 4.78 is 48.0. The van der Waals surface area contributed by atoms with Gasteiger partial charge in [-0.3, -0.25) is 10.5 Å². The second-order valence-corrected chi connectivity index (χ2v) is 12.1. The van der Waals surface area contributed by atoms with Gasteiger partial charge >= 0.3 is 26.0 Å². The Balaban J connectivity index is 2.12. The van der Waals surface area contributed by atoms with E-state index in [2.05, 4.69) is 5.09 Å². The van der Waals surface area contributed by atoms with Crippen LogP contribution in [0.2, 0.25) is 0 Å². The molecule has 3 atom stereocenters. The van der Waals surface area contributed by atoms with Gasteiger partial charge < -0.3 is 29.0 Å². The molecule has 0 saturated heterocycles. The lowest BCUT2D eigenvalue weighted by molar-refractivity contribution is -0.188. The fourth-order valence-electron chi connectivity index (χ4n) is 4.47. The van der Waals surface area contributed by atoms with Gasteiger partial charge in [-0.25, -0.2) is 28.0 Å². The van der Waals surface area contributed by atoms with Crippen molar-refractivity contribution >= 4 is 32.0 Å². The lowest BCUT2D eigenvalue weighted by Gasteiger charge is -2.38. The van der Waals surface area contributed by atoms with Gasteiger partial charge in [0.25, 0.3) is 11.6 Å². The number of likely N-dealkylation sites (N-methyl/N-ethyl adjacent to an activating group) is 1. The minimum absolute atomic E-state index is 0.0237. The molecule has 0 fully saturated rings. The Kier molecular flexibility index (Phi) is 13.1. The van der Waals surface area contributed by atoms with Crippen LogP contribution in [0.3, 0.4) is 0 Å². The Morgan fingerprint density at radius 2 is 1.19 bits per heavy atom. The first-order valence-electron chi connectivity index (χ1n) is 14.9. The highest BCUT2D eigenvalue weighted by Crippen LogP contribution is 2.56. The number of carbonyl (C=O) groups is 3. The molecular formula is C33H40N3O11P. The molecule has 0 amide bonds. The molecule has 3 aromatic rings. The van der Waals surface area contributed by atoms with Crippen LogP contribution in [-0.4, -0.2) is 60.5 Å². The van der Waals surface area contributed by atoms with Crippen molar-refractivity contribution in [2.75, 3.05) is 20.3 Å². The Morgan fingerprint density at radius 3 is 1.56 bits per heavy atom. The van der Waals surface area contributed by atoms with Gasteiger partial charge in [0.05, 0.1) is 13.2 Å². The van der Waals surface area contributed by atoms with Crippen molar-refractivity contribution in [1.82, 2.24) is 9.99 Å². The third-order valence-corrected chi connectivity index (χ3v) is 8.55. The van der Waals surface area contributed by atoms with E-state index in [1.807, 2.05) is 0 Å². The van der Waals surface area contributed by atoms with Crippen molar-refractivity contribution in [2.24, 2.45) is 0 Å². The van der Waals surface area contributed by atoms with E-state index in [1.165, 1.54) is 45.2 Å². The largest absolute Gasteiger partial charge is 0.511 e. The van der Waals surface area contributed by atoms with Crippen LogP contribution < -0.4 is 5.09 Å². The average Bonchev–Trinajstić information content (AvgIpc) is 3.04. The van der Waals surface area contributed by atoms with Crippen LogP contribution in [0.15, 0.2) is 91.0 Å². The summed E-state index contributed by atoms with van der Waals surface area (Å²) in [6.45, 7) is 5.55. The molecule has 3 N–H and O–H groups in total. The maximum Gasteiger partial charge on any atom is 0.511 e. The molecule has 0 aliphatic heterocycles. The Morgan fingerprint density at radius 1 is 0.792 bits per heavy atom. The predicted molar refractivity (Wildman–Crippen MR) is 174 cm³/mol. The molecule has 3 unspecified atom stereocenters. The van der Waals surface area contributed by atoms with Crippen molar-refractivity contribution in [3.05, 3.63) is 108 Å². The van der Waals surface area contributed by atoms with E-state index in [-0.39, 0.29) is 30.8 Å². The second kappa shape index (κ2) is 16.8. The highest BCUT2D eigenvalue weighted by Gasteiger charge is 2.49. The molecule has 14 nitrogen and oxygen atoms in total. The van der Waals surface area contributed by atoms with Crippen LogP contribution in [0.1, 0.15) is 44.4 Å². The molecule has 3 aromatic carbocycles. The molecule has 15 heteroatoms. The fourth-order valence-corrected chi connectivity index (χ4v) is 6.22. The summed E-state index contributed by atoms with van der Waals surface area (Å²) in [4.78, 5) is 38.7. The highest BCUT2D eigenvalue weighted by molar-refractivity contribution is 7.52. The molecule has 0 aliphatic rings. The molecule has 0 radical (unpaired) electrons. The number of benzene rings is 3. The number of aliphatic carboxylic acids is 1. The number of carbonyl (C=O) groups excluding carboxylic acids is 2. The minimum Gasteiger partial charge on any atom is -0.480 e. The zero-order valence-corrected chi connectivity index (χ0v) is 28.2. The summed E-state index contributed by atoms with van der Waals surface area (Å²) in [5, 5.41) is 21.3. The first-order valence-corrected chi connectivity index (χ1v) is 16.5. The van der Waals surface area contributed by atoms with Crippen molar-refractivity contribution < 1.29 is 52.1 Å². The summed E-state index contributed by atoms with van der Waals surface area (Å²) in [6, 6.07) is 23.3. The van der Waals surface area contributed by atoms with Crippen molar-refractivity contribution in [2.45, 2.75) is 51.7 Å². The zero-order chi connectivity index (χ0) is 35.4.